The number of anilines is 2. The minimum absolute atomic E-state index is 0.176. The molecule has 3 unspecified atom stereocenters. The lowest BCUT2D eigenvalue weighted by Gasteiger charge is -2.44. The summed E-state index contributed by atoms with van der Waals surface area (Å²) in [5, 5.41) is 3.81. The Morgan fingerprint density at radius 1 is 1.15 bits per heavy atom. The Morgan fingerprint density at radius 2 is 1.92 bits per heavy atom. The lowest BCUT2D eigenvalue weighted by atomic mass is 9.75. The van der Waals surface area contributed by atoms with Gasteiger partial charge in [-0.05, 0) is 54.0 Å². The van der Waals surface area contributed by atoms with Crippen LogP contribution >= 0.6 is 0 Å². The number of rotatable bonds is 3. The van der Waals surface area contributed by atoms with Crippen molar-refractivity contribution >= 4 is 11.4 Å². The van der Waals surface area contributed by atoms with Crippen LogP contribution in [0.3, 0.4) is 0 Å². The number of nitrogens with one attached hydrogen (secondary N) is 1. The third kappa shape index (κ3) is 2.99. The standard InChI is InChI=1S/C23H30N2O/c1-4-23(2,3)16-9-12-20-19(14-16)22-18(6-5-13-26-22)21(25-20)15-7-10-17(24)11-8-15/h7-12,14,18,21-22,25H,4-6,13,24H2,1-3H3. The lowest BCUT2D eigenvalue weighted by molar-refractivity contribution is -0.0382. The van der Waals surface area contributed by atoms with E-state index in [1.165, 1.54) is 28.8 Å². The summed E-state index contributed by atoms with van der Waals surface area (Å²) in [6.45, 7) is 7.76. The van der Waals surface area contributed by atoms with Crippen LogP contribution in [0, 0.1) is 5.92 Å². The molecule has 1 saturated heterocycles. The maximum atomic E-state index is 6.32. The van der Waals surface area contributed by atoms with Crippen molar-refractivity contribution in [3.8, 4) is 0 Å². The van der Waals surface area contributed by atoms with Crippen LogP contribution in [0.1, 0.15) is 68.9 Å². The van der Waals surface area contributed by atoms with E-state index in [0.29, 0.717) is 5.92 Å². The van der Waals surface area contributed by atoms with Gasteiger partial charge >= 0.3 is 0 Å². The molecule has 3 atom stereocenters. The number of hydrogen-bond acceptors (Lipinski definition) is 3. The molecule has 3 heteroatoms. The van der Waals surface area contributed by atoms with Gasteiger partial charge in [-0.2, -0.15) is 0 Å². The maximum Gasteiger partial charge on any atom is 0.0895 e. The van der Waals surface area contributed by atoms with Crippen LogP contribution in [-0.2, 0) is 10.2 Å². The van der Waals surface area contributed by atoms with E-state index in [0.717, 1.165) is 25.1 Å². The average molecular weight is 351 g/mol. The molecular weight excluding hydrogens is 320 g/mol. The van der Waals surface area contributed by atoms with Gasteiger partial charge in [-0.3, -0.25) is 0 Å². The largest absolute Gasteiger partial charge is 0.399 e. The summed E-state index contributed by atoms with van der Waals surface area (Å²) in [7, 11) is 0. The van der Waals surface area contributed by atoms with Crippen LogP contribution in [0.5, 0.6) is 0 Å². The van der Waals surface area contributed by atoms with Gasteiger partial charge in [0, 0.05) is 29.5 Å². The molecule has 4 rings (SSSR count). The molecule has 26 heavy (non-hydrogen) atoms. The van der Waals surface area contributed by atoms with Gasteiger partial charge in [-0.15, -0.1) is 0 Å². The number of nitrogens with two attached hydrogens (primary N) is 1. The van der Waals surface area contributed by atoms with Crippen LogP contribution in [-0.4, -0.2) is 6.61 Å². The fraction of sp³-hybridized carbons (Fsp3) is 0.478. The minimum atomic E-state index is 0.176. The predicted molar refractivity (Wildman–Crippen MR) is 108 cm³/mol. The monoisotopic (exact) mass is 350 g/mol. The Kier molecular flexibility index (Phi) is 4.44. The second-order valence-corrected chi connectivity index (χ2v) is 8.43. The normalized spacial score (nSPS) is 25.1. The van der Waals surface area contributed by atoms with Gasteiger partial charge in [0.15, 0.2) is 0 Å². The fourth-order valence-corrected chi connectivity index (χ4v) is 4.33. The van der Waals surface area contributed by atoms with E-state index in [1.54, 1.807) is 0 Å². The molecule has 138 valence electrons. The molecule has 0 spiro atoms. The Morgan fingerprint density at radius 3 is 2.65 bits per heavy atom. The van der Waals surface area contributed by atoms with Crippen molar-refractivity contribution in [2.45, 2.75) is 57.6 Å². The lowest BCUT2D eigenvalue weighted by Crippen LogP contribution is -2.36. The Hall–Kier alpha value is -2.00. The van der Waals surface area contributed by atoms with E-state index in [2.05, 4.69) is 56.4 Å². The van der Waals surface area contributed by atoms with Crippen molar-refractivity contribution in [3.05, 3.63) is 59.2 Å². The van der Waals surface area contributed by atoms with Crippen molar-refractivity contribution in [3.63, 3.8) is 0 Å². The minimum Gasteiger partial charge on any atom is -0.399 e. The topological polar surface area (TPSA) is 47.3 Å². The van der Waals surface area contributed by atoms with E-state index in [-0.39, 0.29) is 17.6 Å². The summed E-state index contributed by atoms with van der Waals surface area (Å²) >= 11 is 0. The van der Waals surface area contributed by atoms with Gasteiger partial charge in [-0.1, -0.05) is 45.0 Å². The van der Waals surface area contributed by atoms with E-state index in [4.69, 9.17) is 10.5 Å². The Bertz CT molecular complexity index is 781. The number of benzene rings is 2. The van der Waals surface area contributed by atoms with Crippen LogP contribution in [0.2, 0.25) is 0 Å². The SMILES string of the molecule is CCC(C)(C)c1ccc2c(c1)C1OCCCC1C(c1ccc(N)cc1)N2. The number of fused-ring (bicyclic) bond motifs is 3. The summed E-state index contributed by atoms with van der Waals surface area (Å²) < 4.78 is 6.32. The first kappa shape index (κ1) is 17.4. The molecule has 3 N–H and O–H groups in total. The highest BCUT2D eigenvalue weighted by atomic mass is 16.5. The number of ether oxygens (including phenoxy) is 1. The third-order valence-corrected chi connectivity index (χ3v) is 6.43. The molecule has 0 radical (unpaired) electrons. The van der Waals surface area contributed by atoms with Gasteiger partial charge in [0.25, 0.3) is 0 Å². The van der Waals surface area contributed by atoms with Gasteiger partial charge in [0.05, 0.1) is 12.1 Å². The van der Waals surface area contributed by atoms with Gasteiger partial charge in [-0.25, -0.2) is 0 Å². The van der Waals surface area contributed by atoms with E-state index < -0.39 is 0 Å². The first-order chi connectivity index (χ1) is 12.5. The maximum absolute atomic E-state index is 6.32. The van der Waals surface area contributed by atoms with Gasteiger partial charge < -0.3 is 15.8 Å². The zero-order valence-electron chi connectivity index (χ0n) is 16.1. The Labute approximate surface area is 156 Å². The molecule has 0 amide bonds. The summed E-state index contributed by atoms with van der Waals surface area (Å²) in [6, 6.07) is 15.5. The van der Waals surface area contributed by atoms with Crippen molar-refractivity contribution in [1.29, 1.82) is 0 Å². The van der Waals surface area contributed by atoms with Crippen molar-refractivity contribution < 1.29 is 4.74 Å². The molecule has 0 aromatic heterocycles. The molecule has 2 aromatic carbocycles. The van der Waals surface area contributed by atoms with Crippen LogP contribution in [0.15, 0.2) is 42.5 Å². The predicted octanol–water partition coefficient (Wildman–Crippen LogP) is 5.59. The van der Waals surface area contributed by atoms with Crippen LogP contribution in [0.4, 0.5) is 11.4 Å². The highest BCUT2D eigenvalue weighted by Crippen LogP contribution is 2.50. The molecule has 2 heterocycles. The second kappa shape index (κ2) is 6.62. The summed E-state index contributed by atoms with van der Waals surface area (Å²) in [4.78, 5) is 0. The van der Waals surface area contributed by atoms with E-state index >= 15 is 0 Å². The molecule has 2 aliphatic heterocycles. The molecule has 2 aliphatic rings. The van der Waals surface area contributed by atoms with Crippen LogP contribution in [0.25, 0.3) is 0 Å². The molecule has 0 saturated carbocycles. The fourth-order valence-electron chi connectivity index (χ4n) is 4.33. The number of nitrogen functional groups attached to an aromatic ring is 1. The first-order valence-corrected chi connectivity index (χ1v) is 9.87. The zero-order chi connectivity index (χ0) is 18.3. The summed E-state index contributed by atoms with van der Waals surface area (Å²) in [6.07, 6.45) is 3.62. The van der Waals surface area contributed by atoms with Crippen molar-refractivity contribution in [2.75, 3.05) is 17.7 Å². The molecule has 1 fully saturated rings. The third-order valence-electron chi connectivity index (χ3n) is 6.43. The molecule has 2 aromatic rings. The molecule has 0 aliphatic carbocycles. The molecular formula is C23H30N2O. The van der Waals surface area contributed by atoms with E-state index in [9.17, 15) is 0 Å². The smallest absolute Gasteiger partial charge is 0.0895 e. The summed E-state index contributed by atoms with van der Waals surface area (Å²) in [5.74, 6) is 0.458. The first-order valence-electron chi connectivity index (χ1n) is 9.87. The summed E-state index contributed by atoms with van der Waals surface area (Å²) in [5.41, 5.74) is 12.1. The van der Waals surface area contributed by atoms with Crippen LogP contribution < -0.4 is 11.1 Å². The highest BCUT2D eigenvalue weighted by Gasteiger charge is 2.40. The van der Waals surface area contributed by atoms with Gasteiger partial charge in [0.2, 0.25) is 0 Å². The Balaban J connectivity index is 1.75. The quantitative estimate of drug-likeness (QED) is 0.709. The zero-order valence-corrected chi connectivity index (χ0v) is 16.1. The van der Waals surface area contributed by atoms with Gasteiger partial charge in [0.1, 0.15) is 0 Å². The second-order valence-electron chi connectivity index (χ2n) is 8.43. The molecule has 0 bridgehead atoms. The van der Waals surface area contributed by atoms with E-state index in [1.807, 2.05) is 12.1 Å². The molecule has 3 nitrogen and oxygen atoms in total. The number of hydrogen-bond donors (Lipinski definition) is 2. The highest BCUT2D eigenvalue weighted by molar-refractivity contribution is 5.59. The average Bonchev–Trinajstić information content (AvgIpc) is 2.67. The van der Waals surface area contributed by atoms with Crippen molar-refractivity contribution in [2.24, 2.45) is 5.92 Å². The van der Waals surface area contributed by atoms with Crippen molar-refractivity contribution in [1.82, 2.24) is 0 Å².